The molecule has 0 N–H and O–H groups in total. The molecule has 30 heavy (non-hydrogen) atoms. The van der Waals surface area contributed by atoms with Gasteiger partial charge >= 0.3 is 0 Å². The third-order valence-electron chi connectivity index (χ3n) is 5.92. The molecule has 0 spiro atoms. The molecule has 156 valence electrons. The summed E-state index contributed by atoms with van der Waals surface area (Å²) in [5.41, 5.74) is 2.65. The van der Waals surface area contributed by atoms with Crippen molar-refractivity contribution in [3.05, 3.63) is 94.5 Å². The summed E-state index contributed by atoms with van der Waals surface area (Å²) < 4.78 is 15.5. The highest BCUT2D eigenvalue weighted by Crippen LogP contribution is 2.26. The number of benzene rings is 2. The quantitative estimate of drug-likeness (QED) is 0.455. The van der Waals surface area contributed by atoms with E-state index in [2.05, 4.69) is 10.6 Å². The molecule has 0 aliphatic heterocycles. The van der Waals surface area contributed by atoms with Gasteiger partial charge in [0.25, 0.3) is 5.91 Å². The first-order valence-corrected chi connectivity index (χ1v) is 10.9. The Hall–Kier alpha value is -2.59. The highest BCUT2D eigenvalue weighted by atomic mass is 35.5. The number of carbonyl (C=O) groups excluding carboxylic acids is 1. The van der Waals surface area contributed by atoms with E-state index < -0.39 is 0 Å². The summed E-state index contributed by atoms with van der Waals surface area (Å²) in [5, 5.41) is 0.740. The van der Waals surface area contributed by atoms with Crippen LogP contribution in [0.5, 0.6) is 0 Å². The van der Waals surface area contributed by atoms with Crippen LogP contribution in [0, 0.1) is 5.82 Å². The molecule has 3 aromatic rings. The van der Waals surface area contributed by atoms with Gasteiger partial charge in [-0.2, -0.15) is 0 Å². The Balaban J connectivity index is 1.59. The van der Waals surface area contributed by atoms with Gasteiger partial charge in [-0.05, 0) is 60.9 Å². The molecule has 1 saturated carbocycles. The summed E-state index contributed by atoms with van der Waals surface area (Å²) >= 11 is 6.36. The molecule has 1 aromatic heterocycles. The lowest BCUT2D eigenvalue weighted by molar-refractivity contribution is 0.0608. The average Bonchev–Trinajstić information content (AvgIpc) is 3.21. The minimum absolute atomic E-state index is 0.0348. The molecule has 0 unspecified atom stereocenters. The van der Waals surface area contributed by atoms with Gasteiger partial charge in [0.2, 0.25) is 0 Å². The molecule has 3 nitrogen and oxygen atoms in total. The number of carbonyl (C=O) groups is 1. The Bertz CT molecular complexity index is 992. The molecule has 1 amide bonds. The number of aromatic nitrogens is 1. The number of nitrogens with zero attached hydrogens (tertiary/aromatic N) is 2. The van der Waals surface area contributed by atoms with E-state index in [1.54, 1.807) is 12.1 Å². The highest BCUT2D eigenvalue weighted by molar-refractivity contribution is 6.31. The third kappa shape index (κ3) is 4.76. The third-order valence-corrected chi connectivity index (χ3v) is 6.29. The van der Waals surface area contributed by atoms with Crippen LogP contribution in [0.1, 0.15) is 53.7 Å². The lowest BCUT2D eigenvalue weighted by Crippen LogP contribution is -2.41. The van der Waals surface area contributed by atoms with Crippen LogP contribution in [0.2, 0.25) is 5.02 Å². The predicted molar refractivity (Wildman–Crippen MR) is 118 cm³/mol. The van der Waals surface area contributed by atoms with E-state index in [1.165, 1.54) is 18.6 Å². The Labute approximate surface area is 182 Å². The molecule has 5 heteroatoms. The van der Waals surface area contributed by atoms with Gasteiger partial charge in [0.15, 0.2) is 0 Å². The summed E-state index contributed by atoms with van der Waals surface area (Å²) in [6.07, 6.45) is 7.55. The van der Waals surface area contributed by atoms with Crippen LogP contribution in [0.3, 0.4) is 0 Å². The van der Waals surface area contributed by atoms with Crippen LogP contribution in [-0.2, 0) is 13.1 Å². The second-order valence-corrected chi connectivity index (χ2v) is 8.36. The smallest absolute Gasteiger partial charge is 0.254 e. The minimum Gasteiger partial charge on any atom is -0.345 e. The van der Waals surface area contributed by atoms with Gasteiger partial charge in [0, 0.05) is 35.1 Å². The zero-order chi connectivity index (χ0) is 20.9. The molecule has 0 atom stereocenters. The number of halogens is 2. The zero-order valence-electron chi connectivity index (χ0n) is 16.9. The van der Waals surface area contributed by atoms with Gasteiger partial charge in [-0.25, -0.2) is 4.39 Å². The summed E-state index contributed by atoms with van der Waals surface area (Å²) in [4.78, 5) is 15.4. The minimum atomic E-state index is -0.329. The summed E-state index contributed by atoms with van der Waals surface area (Å²) in [5.74, 6) is -0.364. The summed E-state index contributed by atoms with van der Waals surface area (Å²) in [7, 11) is 0. The fraction of sp³-hybridized carbons (Fsp3) is 0.320. The van der Waals surface area contributed by atoms with Crippen LogP contribution in [0.4, 0.5) is 4.39 Å². The molecule has 2 aromatic carbocycles. The lowest BCUT2D eigenvalue weighted by Gasteiger charge is -2.35. The topological polar surface area (TPSA) is 25.2 Å². The first-order valence-electron chi connectivity index (χ1n) is 10.6. The maximum atomic E-state index is 13.4. The van der Waals surface area contributed by atoms with Crippen LogP contribution in [-0.4, -0.2) is 21.4 Å². The van der Waals surface area contributed by atoms with E-state index in [0.29, 0.717) is 18.7 Å². The summed E-state index contributed by atoms with van der Waals surface area (Å²) in [6.45, 7) is 1.18. The monoisotopic (exact) mass is 424 g/mol. The number of amides is 1. The van der Waals surface area contributed by atoms with E-state index in [-0.39, 0.29) is 17.8 Å². The molecule has 1 heterocycles. The van der Waals surface area contributed by atoms with Gasteiger partial charge in [-0.3, -0.25) is 4.79 Å². The molecule has 0 radical (unpaired) electrons. The zero-order valence-corrected chi connectivity index (χ0v) is 17.7. The average molecular weight is 425 g/mol. The Kier molecular flexibility index (Phi) is 6.53. The number of hydrogen-bond acceptors (Lipinski definition) is 1. The molecular weight excluding hydrogens is 399 g/mol. The van der Waals surface area contributed by atoms with Crippen LogP contribution in [0.25, 0.3) is 0 Å². The second kappa shape index (κ2) is 9.48. The SMILES string of the molecule is O=C(c1ccc(F)cc1)N(Cc1cccn1Cc1ccccc1Cl)C1CCCCC1. The Morgan fingerprint density at radius 3 is 2.47 bits per heavy atom. The van der Waals surface area contributed by atoms with Crippen molar-refractivity contribution < 1.29 is 9.18 Å². The molecule has 1 aliphatic rings. The molecule has 1 fully saturated rings. The maximum absolute atomic E-state index is 13.4. The van der Waals surface area contributed by atoms with Gasteiger partial charge in [0.1, 0.15) is 5.82 Å². The van der Waals surface area contributed by atoms with Crippen molar-refractivity contribution in [1.29, 1.82) is 0 Å². The molecule has 1 aliphatic carbocycles. The van der Waals surface area contributed by atoms with Gasteiger partial charge < -0.3 is 9.47 Å². The fourth-order valence-corrected chi connectivity index (χ4v) is 4.45. The standard InChI is InChI=1S/C25H26ClFN2O/c26-24-11-5-4-7-20(24)17-28-16-6-10-23(28)18-29(22-8-2-1-3-9-22)25(30)19-12-14-21(27)15-13-19/h4-7,10-16,22H,1-3,8-9,17-18H2. The molecule has 0 saturated heterocycles. The Morgan fingerprint density at radius 1 is 1.00 bits per heavy atom. The van der Waals surface area contributed by atoms with E-state index in [9.17, 15) is 9.18 Å². The first-order chi connectivity index (χ1) is 14.6. The van der Waals surface area contributed by atoms with Crippen molar-refractivity contribution in [3.8, 4) is 0 Å². The van der Waals surface area contributed by atoms with E-state index in [0.717, 1.165) is 42.0 Å². The highest BCUT2D eigenvalue weighted by Gasteiger charge is 2.27. The first kappa shape index (κ1) is 20.7. The predicted octanol–water partition coefficient (Wildman–Crippen LogP) is 6.30. The van der Waals surface area contributed by atoms with Crippen molar-refractivity contribution in [3.63, 3.8) is 0 Å². The van der Waals surface area contributed by atoms with Crippen molar-refractivity contribution in [2.45, 2.75) is 51.2 Å². The van der Waals surface area contributed by atoms with Crippen molar-refractivity contribution in [1.82, 2.24) is 9.47 Å². The van der Waals surface area contributed by atoms with Crippen LogP contribution < -0.4 is 0 Å². The van der Waals surface area contributed by atoms with Crippen molar-refractivity contribution in [2.75, 3.05) is 0 Å². The normalized spacial score (nSPS) is 14.6. The van der Waals surface area contributed by atoms with Gasteiger partial charge in [0.05, 0.1) is 6.54 Å². The van der Waals surface area contributed by atoms with E-state index in [1.807, 2.05) is 41.4 Å². The van der Waals surface area contributed by atoms with Gasteiger partial charge in [-0.1, -0.05) is 49.1 Å². The Morgan fingerprint density at radius 2 is 1.73 bits per heavy atom. The van der Waals surface area contributed by atoms with Crippen molar-refractivity contribution >= 4 is 17.5 Å². The summed E-state index contributed by atoms with van der Waals surface area (Å²) in [6, 6.07) is 18.0. The molecular formula is C25H26ClFN2O. The van der Waals surface area contributed by atoms with Crippen molar-refractivity contribution in [2.24, 2.45) is 0 Å². The van der Waals surface area contributed by atoms with Crippen LogP contribution in [0.15, 0.2) is 66.9 Å². The maximum Gasteiger partial charge on any atom is 0.254 e. The molecule has 0 bridgehead atoms. The lowest BCUT2D eigenvalue weighted by atomic mass is 9.93. The van der Waals surface area contributed by atoms with E-state index in [4.69, 9.17) is 11.6 Å². The molecule has 4 rings (SSSR count). The van der Waals surface area contributed by atoms with E-state index >= 15 is 0 Å². The van der Waals surface area contributed by atoms with Gasteiger partial charge in [-0.15, -0.1) is 0 Å². The fourth-order valence-electron chi connectivity index (χ4n) is 4.25. The number of hydrogen-bond donors (Lipinski definition) is 0. The van der Waals surface area contributed by atoms with Crippen LogP contribution >= 0.6 is 11.6 Å². The largest absolute Gasteiger partial charge is 0.345 e. The second-order valence-electron chi connectivity index (χ2n) is 7.95. The number of rotatable bonds is 6.